The summed E-state index contributed by atoms with van der Waals surface area (Å²) in [6.45, 7) is 0.991. The van der Waals surface area contributed by atoms with Crippen LogP contribution in [0.3, 0.4) is 0 Å². The van der Waals surface area contributed by atoms with Gasteiger partial charge in [0.25, 0.3) is 0 Å². The van der Waals surface area contributed by atoms with Crippen LogP contribution in [0.25, 0.3) is 0 Å². The number of hydrogen-bond acceptors (Lipinski definition) is 5. The highest BCUT2D eigenvalue weighted by Gasteiger charge is 2.27. The number of carbonyl (C=O) groups is 1. The van der Waals surface area contributed by atoms with E-state index in [1.54, 1.807) is 25.3 Å². The van der Waals surface area contributed by atoms with Crippen molar-refractivity contribution in [2.75, 3.05) is 27.4 Å². The van der Waals surface area contributed by atoms with E-state index in [9.17, 15) is 10.1 Å². The molecule has 0 bridgehead atoms. The van der Waals surface area contributed by atoms with Crippen LogP contribution in [0.1, 0.15) is 18.0 Å². The van der Waals surface area contributed by atoms with Crippen molar-refractivity contribution in [3.8, 4) is 17.6 Å². The number of rotatable bonds is 5. The van der Waals surface area contributed by atoms with Crippen LogP contribution >= 0.6 is 0 Å². The largest absolute Gasteiger partial charge is 0.497 e. The van der Waals surface area contributed by atoms with Crippen LogP contribution in [-0.2, 0) is 9.53 Å². The predicted octanol–water partition coefficient (Wildman–Crippen LogP) is 1.42. The van der Waals surface area contributed by atoms with E-state index < -0.39 is 6.04 Å². The van der Waals surface area contributed by atoms with Crippen molar-refractivity contribution >= 4 is 5.91 Å². The molecule has 1 N–H and O–H groups in total. The third-order valence-electron chi connectivity index (χ3n) is 3.47. The molecule has 1 aromatic rings. The molecule has 0 aliphatic carbocycles. The molecule has 112 valence electrons. The Morgan fingerprint density at radius 3 is 2.86 bits per heavy atom. The topological polar surface area (TPSA) is 80.6 Å². The van der Waals surface area contributed by atoms with Crippen LogP contribution in [-0.4, -0.2) is 33.3 Å². The Labute approximate surface area is 123 Å². The minimum absolute atomic E-state index is 0.170. The molecular weight excluding hydrogens is 272 g/mol. The zero-order valence-electron chi connectivity index (χ0n) is 12.1. The molecule has 2 rings (SSSR count). The Morgan fingerprint density at radius 1 is 1.48 bits per heavy atom. The van der Waals surface area contributed by atoms with Crippen LogP contribution in [0.4, 0.5) is 0 Å². The molecule has 21 heavy (non-hydrogen) atoms. The lowest BCUT2D eigenvalue weighted by atomic mass is 10.0. The number of ether oxygens (including phenoxy) is 3. The van der Waals surface area contributed by atoms with Gasteiger partial charge in [-0.2, -0.15) is 5.26 Å². The van der Waals surface area contributed by atoms with E-state index >= 15 is 0 Å². The van der Waals surface area contributed by atoms with E-state index in [0.29, 0.717) is 36.7 Å². The predicted molar refractivity (Wildman–Crippen MR) is 75.0 cm³/mol. The lowest BCUT2D eigenvalue weighted by molar-refractivity contribution is -0.125. The molecule has 1 saturated heterocycles. The van der Waals surface area contributed by atoms with Crippen LogP contribution in [0.2, 0.25) is 0 Å². The number of carbonyl (C=O) groups excluding carboxylic acids is 1. The maximum Gasteiger partial charge on any atom is 0.226 e. The maximum atomic E-state index is 12.1. The van der Waals surface area contributed by atoms with E-state index in [0.717, 1.165) is 0 Å². The van der Waals surface area contributed by atoms with E-state index in [1.165, 1.54) is 7.11 Å². The van der Waals surface area contributed by atoms with E-state index in [4.69, 9.17) is 14.2 Å². The second-order valence-electron chi connectivity index (χ2n) is 4.74. The van der Waals surface area contributed by atoms with Crippen LogP contribution in [0.15, 0.2) is 18.2 Å². The van der Waals surface area contributed by atoms with E-state index in [1.807, 2.05) is 0 Å². The molecule has 1 amide bonds. The maximum absolute atomic E-state index is 12.1. The first-order valence-corrected chi connectivity index (χ1v) is 6.69. The fraction of sp³-hybridized carbons (Fsp3) is 0.467. The molecule has 2 atom stereocenters. The van der Waals surface area contributed by atoms with Gasteiger partial charge in [-0.05, 0) is 18.6 Å². The Hall–Kier alpha value is -2.26. The average molecular weight is 290 g/mol. The summed E-state index contributed by atoms with van der Waals surface area (Å²) in [6.07, 6.45) is 0.684. The number of nitrogens with zero attached hydrogens (tertiary/aromatic N) is 1. The normalized spacial score (nSPS) is 18.6. The molecule has 1 heterocycles. The smallest absolute Gasteiger partial charge is 0.226 e. The fourth-order valence-corrected chi connectivity index (χ4v) is 2.24. The minimum Gasteiger partial charge on any atom is -0.497 e. The van der Waals surface area contributed by atoms with Gasteiger partial charge in [0.15, 0.2) is 0 Å². The summed E-state index contributed by atoms with van der Waals surface area (Å²) >= 11 is 0. The van der Waals surface area contributed by atoms with Crippen LogP contribution in [0.5, 0.6) is 11.5 Å². The Morgan fingerprint density at radius 2 is 2.29 bits per heavy atom. The van der Waals surface area contributed by atoms with Gasteiger partial charge in [0.05, 0.1) is 32.8 Å². The summed E-state index contributed by atoms with van der Waals surface area (Å²) < 4.78 is 15.6. The molecule has 0 radical (unpaired) electrons. The van der Waals surface area contributed by atoms with Gasteiger partial charge in [-0.1, -0.05) is 0 Å². The standard InChI is InChI=1S/C15H18N2O4/c1-19-11-3-4-12(14(7-11)20-2)13(8-16)17-15(18)10-5-6-21-9-10/h3-4,7,10,13H,5-6,9H2,1-2H3,(H,17,18)/t10-,13-/m0/s1. The molecule has 0 spiro atoms. The van der Waals surface area contributed by atoms with Crippen molar-refractivity contribution in [3.05, 3.63) is 23.8 Å². The number of amides is 1. The molecular formula is C15H18N2O4. The SMILES string of the molecule is COc1ccc([C@H](C#N)NC(=O)[C@H]2CCOC2)c(OC)c1. The van der Waals surface area contributed by atoms with Gasteiger partial charge in [-0.25, -0.2) is 0 Å². The van der Waals surface area contributed by atoms with E-state index in [-0.39, 0.29) is 11.8 Å². The lowest BCUT2D eigenvalue weighted by Gasteiger charge is -2.17. The summed E-state index contributed by atoms with van der Waals surface area (Å²) in [5.41, 5.74) is 0.605. The summed E-state index contributed by atoms with van der Waals surface area (Å²) in [4.78, 5) is 12.1. The van der Waals surface area contributed by atoms with E-state index in [2.05, 4.69) is 11.4 Å². The molecule has 0 unspecified atom stereocenters. The molecule has 0 saturated carbocycles. The highest BCUT2D eigenvalue weighted by molar-refractivity contribution is 5.80. The third-order valence-corrected chi connectivity index (χ3v) is 3.47. The summed E-state index contributed by atoms with van der Waals surface area (Å²) in [6, 6.07) is 6.46. The number of nitrogens with one attached hydrogen (secondary N) is 1. The van der Waals surface area contributed by atoms with Gasteiger partial charge < -0.3 is 19.5 Å². The molecule has 6 heteroatoms. The van der Waals surface area contributed by atoms with Crippen LogP contribution < -0.4 is 14.8 Å². The van der Waals surface area contributed by atoms with Crippen molar-refractivity contribution in [2.45, 2.75) is 12.5 Å². The highest BCUT2D eigenvalue weighted by Crippen LogP contribution is 2.29. The summed E-state index contributed by atoms with van der Waals surface area (Å²) in [7, 11) is 3.07. The number of methoxy groups -OCH3 is 2. The highest BCUT2D eigenvalue weighted by atomic mass is 16.5. The summed E-state index contributed by atoms with van der Waals surface area (Å²) in [5, 5.41) is 12.1. The van der Waals surface area contributed by atoms with Gasteiger partial charge in [-0.3, -0.25) is 4.79 Å². The minimum atomic E-state index is -0.765. The molecule has 1 aromatic carbocycles. The number of hydrogen-bond donors (Lipinski definition) is 1. The van der Waals surface area contributed by atoms with Gasteiger partial charge in [0.2, 0.25) is 5.91 Å². The molecule has 1 aliphatic rings. The second kappa shape index (κ2) is 6.95. The van der Waals surface area contributed by atoms with Gasteiger partial charge in [0, 0.05) is 18.2 Å². The molecule has 1 aliphatic heterocycles. The first kappa shape index (κ1) is 15.1. The zero-order chi connectivity index (χ0) is 15.2. The summed E-state index contributed by atoms with van der Waals surface area (Å²) in [5.74, 6) is 0.772. The Balaban J connectivity index is 2.17. The Kier molecular flexibility index (Phi) is 5.01. The van der Waals surface area contributed by atoms with Gasteiger partial charge in [0.1, 0.15) is 17.5 Å². The third kappa shape index (κ3) is 3.44. The second-order valence-corrected chi connectivity index (χ2v) is 4.74. The van der Waals surface area contributed by atoms with Gasteiger partial charge >= 0.3 is 0 Å². The van der Waals surface area contributed by atoms with Crippen molar-refractivity contribution in [3.63, 3.8) is 0 Å². The lowest BCUT2D eigenvalue weighted by Crippen LogP contribution is -2.33. The first-order chi connectivity index (χ1) is 10.2. The molecule has 6 nitrogen and oxygen atoms in total. The quantitative estimate of drug-likeness (QED) is 0.887. The zero-order valence-corrected chi connectivity index (χ0v) is 12.1. The molecule has 1 fully saturated rings. The molecule has 0 aromatic heterocycles. The van der Waals surface area contributed by atoms with Crippen molar-refractivity contribution in [2.24, 2.45) is 5.92 Å². The number of benzene rings is 1. The first-order valence-electron chi connectivity index (χ1n) is 6.69. The van der Waals surface area contributed by atoms with Crippen molar-refractivity contribution in [1.82, 2.24) is 5.32 Å². The monoisotopic (exact) mass is 290 g/mol. The van der Waals surface area contributed by atoms with Gasteiger partial charge in [-0.15, -0.1) is 0 Å². The number of nitriles is 1. The average Bonchev–Trinajstić information content (AvgIpc) is 3.06. The fourth-order valence-electron chi connectivity index (χ4n) is 2.24. The van der Waals surface area contributed by atoms with Crippen molar-refractivity contribution in [1.29, 1.82) is 5.26 Å². The van der Waals surface area contributed by atoms with Crippen molar-refractivity contribution < 1.29 is 19.0 Å². The Bertz CT molecular complexity index is 547. The van der Waals surface area contributed by atoms with Crippen LogP contribution in [0, 0.1) is 17.2 Å².